The van der Waals surface area contributed by atoms with E-state index in [-0.39, 0.29) is 24.1 Å². The molecule has 0 aliphatic carbocycles. The Morgan fingerprint density at radius 3 is 2.90 bits per heavy atom. The molecule has 1 aromatic rings. The van der Waals surface area contributed by atoms with Gasteiger partial charge in [-0.25, -0.2) is 12.7 Å². The van der Waals surface area contributed by atoms with Gasteiger partial charge in [0.25, 0.3) is 0 Å². The molecule has 0 radical (unpaired) electrons. The van der Waals surface area contributed by atoms with Crippen molar-refractivity contribution in [1.29, 1.82) is 0 Å². The smallest absolute Gasteiger partial charge is 0.230 e. The van der Waals surface area contributed by atoms with E-state index in [9.17, 15) is 13.2 Å². The number of nitrogens with one attached hydrogen (secondary N) is 1. The number of hydrogen-bond donors (Lipinski definition) is 1. The van der Waals surface area contributed by atoms with Crippen LogP contribution in [0.4, 0.5) is 5.13 Å². The predicted molar refractivity (Wildman–Crippen MR) is 84.1 cm³/mol. The van der Waals surface area contributed by atoms with Gasteiger partial charge in [-0.3, -0.25) is 4.79 Å². The first kappa shape index (κ1) is 16.7. The second kappa shape index (κ2) is 7.03. The minimum Gasteiger partial charge on any atom is -0.300 e. The number of anilines is 1. The Bertz CT molecular complexity index is 602. The standard InChI is InChI=1S/C11H18N4O3S3/c1-3-21(17,18)15-6-4-5-8(7-15)9(16)12-10-13-14-11(19-2)20-10/h8H,3-7H2,1-2H3,(H,12,13,16)/t8-/m1/s1. The van der Waals surface area contributed by atoms with E-state index in [0.29, 0.717) is 24.5 Å². The summed E-state index contributed by atoms with van der Waals surface area (Å²) >= 11 is 2.78. The third-order valence-electron chi connectivity index (χ3n) is 3.32. The van der Waals surface area contributed by atoms with E-state index in [1.807, 2.05) is 6.26 Å². The molecule has 118 valence electrons. The molecule has 1 saturated heterocycles. The number of aromatic nitrogens is 2. The summed E-state index contributed by atoms with van der Waals surface area (Å²) in [4.78, 5) is 12.2. The van der Waals surface area contributed by atoms with E-state index in [1.165, 1.54) is 27.4 Å². The van der Waals surface area contributed by atoms with Crippen molar-refractivity contribution in [3.05, 3.63) is 0 Å². The Labute approximate surface area is 132 Å². The van der Waals surface area contributed by atoms with Crippen molar-refractivity contribution in [2.75, 3.05) is 30.4 Å². The molecular formula is C11H18N4O3S3. The zero-order valence-electron chi connectivity index (χ0n) is 11.9. The van der Waals surface area contributed by atoms with Crippen LogP contribution in [0.3, 0.4) is 0 Å². The molecule has 1 fully saturated rings. The normalized spacial score (nSPS) is 20.4. The van der Waals surface area contributed by atoms with Crippen LogP contribution in [0.2, 0.25) is 0 Å². The Balaban J connectivity index is 1.99. The molecule has 21 heavy (non-hydrogen) atoms. The maximum atomic E-state index is 12.2. The molecule has 0 aromatic carbocycles. The van der Waals surface area contributed by atoms with Crippen LogP contribution < -0.4 is 5.32 Å². The van der Waals surface area contributed by atoms with Gasteiger partial charge in [-0.1, -0.05) is 23.1 Å². The lowest BCUT2D eigenvalue weighted by molar-refractivity contribution is -0.120. The van der Waals surface area contributed by atoms with Crippen LogP contribution in [-0.2, 0) is 14.8 Å². The number of nitrogens with zero attached hydrogens (tertiary/aromatic N) is 3. The number of hydrogen-bond acceptors (Lipinski definition) is 7. The van der Waals surface area contributed by atoms with Gasteiger partial charge in [0, 0.05) is 13.1 Å². The zero-order chi connectivity index (χ0) is 15.5. The van der Waals surface area contributed by atoms with E-state index in [0.717, 1.165) is 4.34 Å². The van der Waals surface area contributed by atoms with Gasteiger partial charge < -0.3 is 5.32 Å². The van der Waals surface area contributed by atoms with Crippen molar-refractivity contribution in [3.8, 4) is 0 Å². The molecule has 0 spiro atoms. The molecule has 0 unspecified atom stereocenters. The largest absolute Gasteiger partial charge is 0.300 e. The van der Waals surface area contributed by atoms with Crippen molar-refractivity contribution < 1.29 is 13.2 Å². The fraction of sp³-hybridized carbons (Fsp3) is 0.727. The van der Waals surface area contributed by atoms with Crippen molar-refractivity contribution in [1.82, 2.24) is 14.5 Å². The van der Waals surface area contributed by atoms with Crippen LogP contribution >= 0.6 is 23.1 Å². The molecule has 1 aromatic heterocycles. The van der Waals surface area contributed by atoms with Crippen molar-refractivity contribution >= 4 is 44.2 Å². The maximum absolute atomic E-state index is 12.2. The number of amides is 1. The third-order valence-corrected chi connectivity index (χ3v) is 6.99. The van der Waals surface area contributed by atoms with Crippen LogP contribution in [0, 0.1) is 5.92 Å². The van der Waals surface area contributed by atoms with Crippen LogP contribution in [0.15, 0.2) is 4.34 Å². The molecule has 2 rings (SSSR count). The molecular weight excluding hydrogens is 332 g/mol. The lowest BCUT2D eigenvalue weighted by Gasteiger charge is -2.30. The number of piperidine rings is 1. The summed E-state index contributed by atoms with van der Waals surface area (Å²) in [7, 11) is -3.24. The van der Waals surface area contributed by atoms with Gasteiger partial charge >= 0.3 is 0 Å². The second-order valence-electron chi connectivity index (χ2n) is 4.66. The van der Waals surface area contributed by atoms with E-state index >= 15 is 0 Å². The molecule has 0 saturated carbocycles. The molecule has 1 N–H and O–H groups in total. The molecule has 1 aliphatic rings. The van der Waals surface area contributed by atoms with E-state index in [1.54, 1.807) is 6.92 Å². The van der Waals surface area contributed by atoms with Crippen molar-refractivity contribution in [2.45, 2.75) is 24.1 Å². The first-order valence-electron chi connectivity index (χ1n) is 6.62. The zero-order valence-corrected chi connectivity index (χ0v) is 14.4. The Morgan fingerprint density at radius 1 is 1.52 bits per heavy atom. The fourth-order valence-electron chi connectivity index (χ4n) is 2.14. The summed E-state index contributed by atoms with van der Waals surface area (Å²) in [5.41, 5.74) is 0. The molecule has 7 nitrogen and oxygen atoms in total. The van der Waals surface area contributed by atoms with Crippen LogP contribution in [0.5, 0.6) is 0 Å². The highest BCUT2D eigenvalue weighted by Crippen LogP contribution is 2.25. The highest BCUT2D eigenvalue weighted by atomic mass is 32.2. The summed E-state index contributed by atoms with van der Waals surface area (Å²) in [6, 6.07) is 0. The lowest BCUT2D eigenvalue weighted by atomic mass is 9.99. The number of rotatable bonds is 5. The SMILES string of the molecule is CCS(=O)(=O)N1CCC[C@@H](C(=O)Nc2nnc(SC)s2)C1. The van der Waals surface area contributed by atoms with Gasteiger partial charge in [0.2, 0.25) is 21.1 Å². The monoisotopic (exact) mass is 350 g/mol. The number of carbonyl (C=O) groups is 1. The molecule has 0 bridgehead atoms. The molecule has 1 amide bonds. The van der Waals surface area contributed by atoms with Crippen molar-refractivity contribution in [2.24, 2.45) is 5.92 Å². The Hall–Kier alpha value is -0.710. The van der Waals surface area contributed by atoms with Gasteiger partial charge in [-0.05, 0) is 26.0 Å². The average Bonchev–Trinajstić information content (AvgIpc) is 2.95. The van der Waals surface area contributed by atoms with E-state index in [4.69, 9.17) is 0 Å². The lowest BCUT2D eigenvalue weighted by Crippen LogP contribution is -2.44. The fourth-order valence-corrected chi connectivity index (χ4v) is 4.49. The second-order valence-corrected chi connectivity index (χ2v) is 8.95. The van der Waals surface area contributed by atoms with Gasteiger partial charge in [-0.2, -0.15) is 0 Å². The molecule has 1 aliphatic heterocycles. The summed E-state index contributed by atoms with van der Waals surface area (Å²) in [6.45, 7) is 2.36. The number of sulfonamides is 1. The van der Waals surface area contributed by atoms with Crippen molar-refractivity contribution in [3.63, 3.8) is 0 Å². The molecule has 2 heterocycles. The average molecular weight is 350 g/mol. The number of thioether (sulfide) groups is 1. The van der Waals surface area contributed by atoms with Gasteiger partial charge in [0.1, 0.15) is 0 Å². The summed E-state index contributed by atoms with van der Waals surface area (Å²) in [6.07, 6.45) is 3.28. The minimum absolute atomic E-state index is 0.0643. The topological polar surface area (TPSA) is 92.3 Å². The Kier molecular flexibility index (Phi) is 5.58. The van der Waals surface area contributed by atoms with Crippen LogP contribution in [0.1, 0.15) is 19.8 Å². The summed E-state index contributed by atoms with van der Waals surface area (Å²) in [5, 5.41) is 11.0. The van der Waals surface area contributed by atoms with Gasteiger partial charge in [0.05, 0.1) is 11.7 Å². The predicted octanol–water partition coefficient (Wildman–Crippen LogP) is 1.26. The maximum Gasteiger partial charge on any atom is 0.230 e. The van der Waals surface area contributed by atoms with Gasteiger partial charge in [-0.15, -0.1) is 10.2 Å². The van der Waals surface area contributed by atoms with E-state index in [2.05, 4.69) is 15.5 Å². The minimum atomic E-state index is -3.24. The summed E-state index contributed by atoms with van der Waals surface area (Å²) < 4.78 is 26.0. The van der Waals surface area contributed by atoms with E-state index < -0.39 is 10.0 Å². The summed E-state index contributed by atoms with van der Waals surface area (Å²) in [5.74, 6) is -0.453. The molecule has 10 heteroatoms. The van der Waals surface area contributed by atoms with Crippen LogP contribution in [-0.4, -0.2) is 53.9 Å². The highest BCUT2D eigenvalue weighted by molar-refractivity contribution is 8.00. The Morgan fingerprint density at radius 2 is 2.29 bits per heavy atom. The quantitative estimate of drug-likeness (QED) is 0.635. The van der Waals surface area contributed by atoms with Gasteiger partial charge in [0.15, 0.2) is 4.34 Å². The highest BCUT2D eigenvalue weighted by Gasteiger charge is 2.31. The van der Waals surface area contributed by atoms with Crippen LogP contribution in [0.25, 0.3) is 0 Å². The molecule has 1 atom stereocenters. The third kappa shape index (κ3) is 4.15. The first-order valence-corrected chi connectivity index (χ1v) is 10.3. The first-order chi connectivity index (χ1) is 9.96. The number of carbonyl (C=O) groups excluding carboxylic acids is 1.